The van der Waals surface area contributed by atoms with E-state index in [0.717, 1.165) is 9.64 Å². The van der Waals surface area contributed by atoms with Gasteiger partial charge in [-0.25, -0.2) is 0 Å². The molecule has 0 aliphatic rings. The predicted octanol–water partition coefficient (Wildman–Crippen LogP) is 4.33. The van der Waals surface area contributed by atoms with Crippen LogP contribution in [0.15, 0.2) is 36.5 Å². The number of hydrogen-bond acceptors (Lipinski definition) is 2. The van der Waals surface area contributed by atoms with Gasteiger partial charge in [0.25, 0.3) is 5.91 Å². The zero-order valence-corrected chi connectivity index (χ0v) is 14.5. The minimum absolute atomic E-state index is 0.0280. The third kappa shape index (κ3) is 4.57. The molecule has 122 valence electrons. The van der Waals surface area contributed by atoms with E-state index in [-0.39, 0.29) is 24.6 Å². The number of benzene rings is 1. The second kappa shape index (κ2) is 7.48. The first-order valence-corrected chi connectivity index (χ1v) is 7.99. The molecule has 1 aromatic heterocycles. The van der Waals surface area contributed by atoms with Crippen molar-refractivity contribution in [2.75, 3.05) is 6.54 Å². The van der Waals surface area contributed by atoms with Crippen LogP contribution >= 0.6 is 34.2 Å². The first kappa shape index (κ1) is 18.0. The molecule has 1 N–H and O–H groups in total. The van der Waals surface area contributed by atoms with Crippen molar-refractivity contribution in [1.29, 1.82) is 0 Å². The second-order valence-corrected chi connectivity index (χ2v) is 6.17. The fourth-order valence-electron chi connectivity index (χ4n) is 2.00. The molecule has 0 radical (unpaired) electrons. The number of aromatic nitrogens is 1. The molecule has 1 amide bonds. The summed E-state index contributed by atoms with van der Waals surface area (Å²) in [6, 6.07) is 8.03. The summed E-state index contributed by atoms with van der Waals surface area (Å²) in [5.41, 5.74) is -0.665. The van der Waals surface area contributed by atoms with Crippen molar-refractivity contribution in [3.8, 4) is 0 Å². The van der Waals surface area contributed by atoms with Gasteiger partial charge in [0.2, 0.25) is 0 Å². The molecule has 1 aromatic carbocycles. The molecule has 2 aromatic rings. The van der Waals surface area contributed by atoms with Crippen LogP contribution in [0.25, 0.3) is 0 Å². The average Bonchev–Trinajstić information content (AvgIpc) is 2.46. The maximum absolute atomic E-state index is 13.0. The molecule has 0 aliphatic heterocycles. The standard InChI is InChI=1S/C15H11ClF3IN2O/c16-10-5-7-21-12(13(10)15(17,18)19)6-8-22-14(23)9-3-1-2-4-11(9)20/h1-5,7H,6,8H2,(H,22,23). The highest BCUT2D eigenvalue weighted by Gasteiger charge is 2.36. The monoisotopic (exact) mass is 454 g/mol. The number of pyridine rings is 1. The third-order valence-corrected chi connectivity index (χ3v) is 4.28. The Bertz CT molecular complexity index is 722. The van der Waals surface area contributed by atoms with E-state index in [1.54, 1.807) is 24.3 Å². The van der Waals surface area contributed by atoms with Crippen molar-refractivity contribution in [3.05, 3.63) is 61.9 Å². The van der Waals surface area contributed by atoms with Gasteiger partial charge < -0.3 is 5.32 Å². The third-order valence-electron chi connectivity index (χ3n) is 3.03. The topological polar surface area (TPSA) is 42.0 Å². The number of amides is 1. The summed E-state index contributed by atoms with van der Waals surface area (Å²) >= 11 is 7.64. The molecule has 0 atom stereocenters. The lowest BCUT2D eigenvalue weighted by Crippen LogP contribution is -2.27. The molecule has 0 saturated heterocycles. The molecule has 0 bridgehead atoms. The number of nitrogens with zero attached hydrogens (tertiary/aromatic N) is 1. The van der Waals surface area contributed by atoms with Gasteiger partial charge in [-0.15, -0.1) is 0 Å². The van der Waals surface area contributed by atoms with Crippen LogP contribution in [0.4, 0.5) is 13.2 Å². The van der Waals surface area contributed by atoms with Gasteiger partial charge in [-0.3, -0.25) is 9.78 Å². The van der Waals surface area contributed by atoms with E-state index in [4.69, 9.17) is 11.6 Å². The Morgan fingerprint density at radius 3 is 2.61 bits per heavy atom. The van der Waals surface area contributed by atoms with Gasteiger partial charge in [-0.1, -0.05) is 23.7 Å². The molecule has 0 spiro atoms. The second-order valence-electron chi connectivity index (χ2n) is 4.60. The summed E-state index contributed by atoms with van der Waals surface area (Å²) in [7, 11) is 0. The predicted molar refractivity (Wildman–Crippen MR) is 89.4 cm³/mol. The molecule has 0 fully saturated rings. The van der Waals surface area contributed by atoms with Gasteiger partial charge >= 0.3 is 6.18 Å². The highest BCUT2D eigenvalue weighted by molar-refractivity contribution is 14.1. The lowest BCUT2D eigenvalue weighted by Gasteiger charge is -2.13. The van der Waals surface area contributed by atoms with Crippen LogP contribution in [-0.4, -0.2) is 17.4 Å². The molecule has 8 heteroatoms. The fourth-order valence-corrected chi connectivity index (χ4v) is 2.91. The van der Waals surface area contributed by atoms with E-state index in [1.807, 2.05) is 22.6 Å². The van der Waals surface area contributed by atoms with Gasteiger partial charge in [-0.2, -0.15) is 13.2 Å². The Morgan fingerprint density at radius 2 is 1.96 bits per heavy atom. The Hall–Kier alpha value is -1.35. The van der Waals surface area contributed by atoms with Crippen molar-refractivity contribution < 1.29 is 18.0 Å². The summed E-state index contributed by atoms with van der Waals surface area (Å²) in [5.74, 6) is -0.342. The number of rotatable bonds is 4. The molecule has 3 nitrogen and oxygen atoms in total. The number of carbonyl (C=O) groups excluding carboxylic acids is 1. The normalized spacial score (nSPS) is 11.3. The van der Waals surface area contributed by atoms with Gasteiger partial charge in [0.1, 0.15) is 0 Å². The van der Waals surface area contributed by atoms with Crippen molar-refractivity contribution in [2.24, 2.45) is 0 Å². The number of alkyl halides is 3. The fraction of sp³-hybridized carbons (Fsp3) is 0.200. The summed E-state index contributed by atoms with van der Waals surface area (Å²) in [5, 5.41) is 2.20. The van der Waals surface area contributed by atoms with Crippen molar-refractivity contribution in [3.63, 3.8) is 0 Å². The minimum atomic E-state index is -4.58. The van der Waals surface area contributed by atoms with Crippen molar-refractivity contribution in [2.45, 2.75) is 12.6 Å². The summed E-state index contributed by atoms with van der Waals surface area (Å²) < 4.78 is 39.8. The Balaban J connectivity index is 2.07. The first-order chi connectivity index (χ1) is 10.8. The Morgan fingerprint density at radius 1 is 1.26 bits per heavy atom. The van der Waals surface area contributed by atoms with E-state index < -0.39 is 16.8 Å². The molecular formula is C15H11ClF3IN2O. The van der Waals surface area contributed by atoms with Crippen LogP contribution in [0, 0.1) is 3.57 Å². The van der Waals surface area contributed by atoms with Crippen LogP contribution in [0.3, 0.4) is 0 Å². The molecule has 0 unspecified atom stereocenters. The zero-order valence-electron chi connectivity index (χ0n) is 11.6. The molecule has 1 heterocycles. The van der Waals surface area contributed by atoms with E-state index in [1.165, 1.54) is 6.20 Å². The highest BCUT2D eigenvalue weighted by atomic mass is 127. The molecule has 23 heavy (non-hydrogen) atoms. The van der Waals surface area contributed by atoms with Gasteiger partial charge in [0, 0.05) is 22.7 Å². The maximum atomic E-state index is 13.0. The van der Waals surface area contributed by atoms with Gasteiger partial charge in [-0.05, 0) is 40.8 Å². The lowest BCUT2D eigenvalue weighted by molar-refractivity contribution is -0.138. The van der Waals surface area contributed by atoms with Crippen LogP contribution in [0.2, 0.25) is 5.02 Å². The smallest absolute Gasteiger partial charge is 0.352 e. The van der Waals surface area contributed by atoms with Crippen LogP contribution in [0.5, 0.6) is 0 Å². The maximum Gasteiger partial charge on any atom is 0.419 e. The molecule has 0 saturated carbocycles. The number of hydrogen-bond donors (Lipinski definition) is 1. The zero-order chi connectivity index (χ0) is 17.0. The Labute approximate surface area is 149 Å². The van der Waals surface area contributed by atoms with E-state index in [0.29, 0.717) is 5.56 Å². The van der Waals surface area contributed by atoms with Crippen molar-refractivity contribution in [1.82, 2.24) is 10.3 Å². The molecular weight excluding hydrogens is 444 g/mol. The van der Waals surface area contributed by atoms with Crippen LogP contribution < -0.4 is 5.32 Å². The summed E-state index contributed by atoms with van der Waals surface area (Å²) in [4.78, 5) is 15.8. The van der Waals surface area contributed by atoms with Crippen LogP contribution in [-0.2, 0) is 12.6 Å². The summed E-state index contributed by atoms with van der Waals surface area (Å²) in [6.07, 6.45) is -3.43. The minimum Gasteiger partial charge on any atom is -0.352 e. The SMILES string of the molecule is O=C(NCCc1nccc(Cl)c1C(F)(F)F)c1ccccc1I. The number of halogens is 5. The Kier molecular flexibility index (Phi) is 5.85. The van der Waals surface area contributed by atoms with Crippen molar-refractivity contribution >= 4 is 40.1 Å². The largest absolute Gasteiger partial charge is 0.419 e. The van der Waals surface area contributed by atoms with Gasteiger partial charge in [0.15, 0.2) is 0 Å². The quantitative estimate of drug-likeness (QED) is 0.699. The highest BCUT2D eigenvalue weighted by Crippen LogP contribution is 2.36. The van der Waals surface area contributed by atoms with E-state index >= 15 is 0 Å². The summed E-state index contributed by atoms with van der Waals surface area (Å²) in [6.45, 7) is 0.0280. The molecule has 0 aliphatic carbocycles. The number of carbonyl (C=O) groups is 1. The van der Waals surface area contributed by atoms with Gasteiger partial charge in [0.05, 0.1) is 21.8 Å². The molecule has 2 rings (SSSR count). The van der Waals surface area contributed by atoms with E-state index in [9.17, 15) is 18.0 Å². The number of nitrogens with one attached hydrogen (secondary N) is 1. The average molecular weight is 455 g/mol. The van der Waals surface area contributed by atoms with E-state index in [2.05, 4.69) is 10.3 Å². The lowest BCUT2D eigenvalue weighted by atomic mass is 10.1. The van der Waals surface area contributed by atoms with Crippen LogP contribution in [0.1, 0.15) is 21.6 Å². The first-order valence-electron chi connectivity index (χ1n) is 6.54.